The van der Waals surface area contributed by atoms with Crippen LogP contribution in [0.3, 0.4) is 0 Å². The van der Waals surface area contributed by atoms with Crippen LogP contribution in [0.5, 0.6) is 0 Å². The molecule has 1 aromatic rings. The lowest BCUT2D eigenvalue weighted by atomic mass is 10.2. The van der Waals surface area contributed by atoms with Crippen molar-refractivity contribution in [3.05, 3.63) is 18.2 Å². The molecule has 0 aromatic heterocycles. The first kappa shape index (κ1) is 14.6. The van der Waals surface area contributed by atoms with E-state index in [9.17, 15) is 8.42 Å². The van der Waals surface area contributed by atoms with Gasteiger partial charge in [0.1, 0.15) is 0 Å². The van der Waals surface area contributed by atoms with E-state index in [2.05, 4.69) is 15.7 Å². The van der Waals surface area contributed by atoms with Gasteiger partial charge in [-0.15, -0.1) is 0 Å². The maximum absolute atomic E-state index is 11.7. The molecule has 1 aliphatic rings. The summed E-state index contributed by atoms with van der Waals surface area (Å²) in [6.45, 7) is 0.615. The summed E-state index contributed by atoms with van der Waals surface area (Å²) in [5, 5.41) is 8.72. The van der Waals surface area contributed by atoms with Crippen molar-refractivity contribution in [1.82, 2.24) is 4.72 Å². The second-order valence-corrected chi connectivity index (χ2v) is 6.65. The third-order valence-electron chi connectivity index (χ3n) is 3.34. The summed E-state index contributed by atoms with van der Waals surface area (Å²) in [6.07, 6.45) is 2.59. The number of hydrogen-bond acceptors (Lipinski definition) is 5. The highest BCUT2D eigenvalue weighted by Gasteiger charge is 2.30. The Bertz CT molecular complexity index is 632. The van der Waals surface area contributed by atoms with Gasteiger partial charge in [-0.2, -0.15) is 5.26 Å². The van der Waals surface area contributed by atoms with Gasteiger partial charge in [0.15, 0.2) is 0 Å². The highest BCUT2D eigenvalue weighted by Crippen LogP contribution is 2.35. The maximum atomic E-state index is 11.7. The molecule has 0 bridgehead atoms. The molecule has 0 spiro atoms. The van der Waals surface area contributed by atoms with Crippen LogP contribution in [0.15, 0.2) is 23.1 Å². The van der Waals surface area contributed by atoms with Gasteiger partial charge < -0.3 is 10.6 Å². The average Bonchev–Trinajstić information content (AvgIpc) is 3.25. The van der Waals surface area contributed by atoms with Crippen LogP contribution in [-0.4, -0.2) is 28.1 Å². The Morgan fingerprint density at radius 1 is 1.50 bits per heavy atom. The maximum Gasteiger partial charge on any atom is 0.240 e. The molecular weight excluding hydrogens is 276 g/mol. The van der Waals surface area contributed by atoms with Gasteiger partial charge in [-0.25, -0.2) is 13.1 Å². The van der Waals surface area contributed by atoms with Gasteiger partial charge in [-0.1, -0.05) is 0 Å². The van der Waals surface area contributed by atoms with E-state index >= 15 is 0 Å². The standard InChI is InChI=1S/C13H18N4O2S/c1-16-20(18,19)11-5-6-13(12(15)9-11)17(8-2-7-14)10-3-4-10/h5-6,9-10,16H,2-4,8,15H2,1H3. The van der Waals surface area contributed by atoms with Gasteiger partial charge >= 0.3 is 0 Å². The van der Waals surface area contributed by atoms with Gasteiger partial charge in [-0.05, 0) is 38.1 Å². The van der Waals surface area contributed by atoms with Crippen molar-refractivity contribution in [3.63, 3.8) is 0 Å². The monoisotopic (exact) mass is 294 g/mol. The van der Waals surface area contributed by atoms with Gasteiger partial charge in [-0.3, -0.25) is 0 Å². The van der Waals surface area contributed by atoms with Crippen molar-refractivity contribution < 1.29 is 8.42 Å². The first-order valence-corrected chi connectivity index (χ1v) is 7.94. The minimum absolute atomic E-state index is 0.150. The molecule has 1 aliphatic carbocycles. The quantitative estimate of drug-likeness (QED) is 0.764. The number of hydrogen-bond donors (Lipinski definition) is 2. The Morgan fingerprint density at radius 2 is 2.20 bits per heavy atom. The van der Waals surface area contributed by atoms with E-state index in [-0.39, 0.29) is 4.90 Å². The van der Waals surface area contributed by atoms with Crippen molar-refractivity contribution in [3.8, 4) is 6.07 Å². The molecule has 0 saturated heterocycles. The number of nitriles is 1. The summed E-state index contributed by atoms with van der Waals surface area (Å²) < 4.78 is 25.7. The Balaban J connectivity index is 2.31. The van der Waals surface area contributed by atoms with Crippen molar-refractivity contribution in [2.45, 2.75) is 30.2 Å². The molecule has 7 heteroatoms. The summed E-state index contributed by atoms with van der Waals surface area (Å²) in [6, 6.07) is 7.26. The van der Waals surface area contributed by atoms with Crippen LogP contribution in [0.4, 0.5) is 11.4 Å². The molecular formula is C13H18N4O2S. The third kappa shape index (κ3) is 3.03. The van der Waals surface area contributed by atoms with Crippen LogP contribution < -0.4 is 15.4 Å². The Labute approximate surface area is 119 Å². The van der Waals surface area contributed by atoms with Crippen LogP contribution >= 0.6 is 0 Å². The molecule has 1 saturated carbocycles. The lowest BCUT2D eigenvalue weighted by Crippen LogP contribution is -2.27. The lowest BCUT2D eigenvalue weighted by Gasteiger charge is -2.25. The molecule has 0 radical (unpaired) electrons. The lowest BCUT2D eigenvalue weighted by molar-refractivity contribution is 0.588. The number of sulfonamides is 1. The number of benzene rings is 1. The fourth-order valence-corrected chi connectivity index (χ4v) is 2.90. The molecule has 0 heterocycles. The van der Waals surface area contributed by atoms with Crippen molar-refractivity contribution >= 4 is 21.4 Å². The Morgan fingerprint density at radius 3 is 2.70 bits per heavy atom. The minimum Gasteiger partial charge on any atom is -0.397 e. The molecule has 108 valence electrons. The van der Waals surface area contributed by atoms with E-state index in [0.717, 1.165) is 18.5 Å². The van der Waals surface area contributed by atoms with E-state index in [4.69, 9.17) is 11.0 Å². The smallest absolute Gasteiger partial charge is 0.240 e. The molecule has 2 rings (SSSR count). The zero-order valence-electron chi connectivity index (χ0n) is 11.3. The molecule has 1 fully saturated rings. The van der Waals surface area contributed by atoms with Crippen LogP contribution in [0.1, 0.15) is 19.3 Å². The highest BCUT2D eigenvalue weighted by molar-refractivity contribution is 7.89. The Kier molecular flexibility index (Phi) is 4.16. The number of nitrogens with zero attached hydrogens (tertiary/aromatic N) is 2. The van der Waals surface area contributed by atoms with Gasteiger partial charge in [0, 0.05) is 12.6 Å². The van der Waals surface area contributed by atoms with Crippen LogP contribution in [0.25, 0.3) is 0 Å². The first-order chi connectivity index (χ1) is 9.49. The number of anilines is 2. The number of rotatable bonds is 6. The summed E-state index contributed by atoms with van der Waals surface area (Å²) in [5.74, 6) is 0. The Hall–Kier alpha value is -1.78. The molecule has 6 nitrogen and oxygen atoms in total. The summed E-state index contributed by atoms with van der Waals surface area (Å²) >= 11 is 0. The normalized spacial score (nSPS) is 14.8. The van der Waals surface area contributed by atoms with E-state index in [1.54, 1.807) is 12.1 Å². The second kappa shape index (κ2) is 5.69. The second-order valence-electron chi connectivity index (χ2n) is 4.76. The summed E-state index contributed by atoms with van der Waals surface area (Å²) in [5.41, 5.74) is 7.22. The van der Waals surface area contributed by atoms with Gasteiger partial charge in [0.05, 0.1) is 28.8 Å². The van der Waals surface area contributed by atoms with Crippen LogP contribution in [0.2, 0.25) is 0 Å². The number of nitrogens with one attached hydrogen (secondary N) is 1. The van der Waals surface area contributed by atoms with Crippen LogP contribution in [-0.2, 0) is 10.0 Å². The summed E-state index contributed by atoms with van der Waals surface area (Å²) in [7, 11) is -2.12. The largest absolute Gasteiger partial charge is 0.397 e. The third-order valence-corrected chi connectivity index (χ3v) is 4.75. The molecule has 3 N–H and O–H groups in total. The zero-order chi connectivity index (χ0) is 14.8. The molecule has 1 aromatic carbocycles. The van der Waals surface area contributed by atoms with Crippen molar-refractivity contribution in [2.24, 2.45) is 0 Å². The molecule has 0 aliphatic heterocycles. The van der Waals surface area contributed by atoms with Gasteiger partial charge in [0.25, 0.3) is 0 Å². The molecule has 0 amide bonds. The van der Waals surface area contributed by atoms with Crippen LogP contribution in [0, 0.1) is 11.3 Å². The fourth-order valence-electron chi connectivity index (χ4n) is 2.14. The minimum atomic E-state index is -3.49. The highest BCUT2D eigenvalue weighted by atomic mass is 32.2. The van der Waals surface area contributed by atoms with Gasteiger partial charge in [0.2, 0.25) is 10.0 Å². The fraction of sp³-hybridized carbons (Fsp3) is 0.462. The van der Waals surface area contributed by atoms with E-state index in [1.807, 2.05) is 0 Å². The first-order valence-electron chi connectivity index (χ1n) is 6.46. The van der Waals surface area contributed by atoms with Crippen molar-refractivity contribution in [1.29, 1.82) is 5.26 Å². The predicted octanol–water partition coefficient (Wildman–Crippen LogP) is 1.06. The van der Waals surface area contributed by atoms with Crippen molar-refractivity contribution in [2.75, 3.05) is 24.2 Å². The number of nitrogens with two attached hydrogens (primary N) is 1. The molecule has 20 heavy (non-hydrogen) atoms. The van der Waals surface area contributed by atoms with E-state index in [1.165, 1.54) is 13.1 Å². The SMILES string of the molecule is CNS(=O)(=O)c1ccc(N(CCC#N)C2CC2)c(N)c1. The predicted molar refractivity (Wildman–Crippen MR) is 77.7 cm³/mol. The number of nitrogen functional groups attached to an aromatic ring is 1. The average molecular weight is 294 g/mol. The zero-order valence-corrected chi connectivity index (χ0v) is 12.2. The topological polar surface area (TPSA) is 99.2 Å². The molecule has 0 unspecified atom stereocenters. The summed E-state index contributed by atoms with van der Waals surface area (Å²) in [4.78, 5) is 2.24. The van der Waals surface area contributed by atoms with E-state index in [0.29, 0.717) is 24.7 Å². The van der Waals surface area contributed by atoms with E-state index < -0.39 is 10.0 Å². The molecule has 0 atom stereocenters.